The van der Waals surface area contributed by atoms with E-state index >= 15 is 0 Å². The van der Waals surface area contributed by atoms with Crippen LogP contribution in [0.3, 0.4) is 0 Å². The van der Waals surface area contributed by atoms with Crippen LogP contribution in [-0.2, 0) is 31.9 Å². The molecule has 2 fully saturated rings. The number of ether oxygens (including phenoxy) is 3. The van der Waals surface area contributed by atoms with Crippen LogP contribution in [0.4, 0.5) is 0 Å². The third kappa shape index (κ3) is 10.1. The third-order valence-electron chi connectivity index (χ3n) is 11.7. The molecular weight excluding hydrogens is 646 g/mol. The van der Waals surface area contributed by atoms with E-state index in [0.717, 1.165) is 55.2 Å². The Bertz CT molecular complexity index is 1530. The molecule has 0 amide bonds. The van der Waals surface area contributed by atoms with Crippen molar-refractivity contribution in [2.24, 2.45) is 47.2 Å². The Morgan fingerprint density at radius 2 is 1.82 bits per heavy atom. The van der Waals surface area contributed by atoms with Gasteiger partial charge in [-0.15, -0.1) is 0 Å². The van der Waals surface area contributed by atoms with Crippen LogP contribution in [0.25, 0.3) is 5.57 Å². The van der Waals surface area contributed by atoms with Crippen LogP contribution in [-0.4, -0.2) is 59.6 Å². The number of hydrogen-bond acceptors (Lipinski definition) is 9. The molecule has 0 unspecified atom stereocenters. The minimum absolute atomic E-state index is 0.0219. The number of esters is 2. The Morgan fingerprint density at radius 1 is 1.04 bits per heavy atom. The summed E-state index contributed by atoms with van der Waals surface area (Å²) >= 11 is 0. The number of carbonyl (C=O) groups excluding carboxylic acids is 2. The maximum atomic E-state index is 12.7. The summed E-state index contributed by atoms with van der Waals surface area (Å²) in [7, 11) is 1.51. The number of aromatic amines is 1. The number of nitrogens with one attached hydrogen (secondary N) is 2. The number of phenols is 1. The number of hydrogen-bond donors (Lipinski definition) is 5. The zero-order chi connectivity index (χ0) is 36.7. The lowest BCUT2D eigenvalue weighted by molar-refractivity contribution is -0.157. The van der Waals surface area contributed by atoms with Crippen LogP contribution in [0.5, 0.6) is 11.5 Å². The van der Waals surface area contributed by atoms with Gasteiger partial charge in [0.05, 0.1) is 12.9 Å². The standard InChI is InChI=1S/C41H59N3O7/c1-24(2)36-18-31(17-34-7-6-11-43-34)30-13-27(23-45)14-33(16-32(36)15-30)39(51-26(4)47)21-35(50-25(3)46)9-8-28-19-40(49-5)38(48)22-37(28)29-10-12-44-41(42)20-29/h6-7,10-11,19-20,22,24,27,30-33,35-36,39,43-45,48H,8-9,12-18,21,23,42H2,1-5H3/t27-,30+,31+,32-,33-,35-,36-,39-/m1/s1. The summed E-state index contributed by atoms with van der Waals surface area (Å²) in [6.07, 6.45) is 12.1. The summed E-state index contributed by atoms with van der Waals surface area (Å²) in [6.45, 7) is 8.17. The van der Waals surface area contributed by atoms with Gasteiger partial charge in [-0.25, -0.2) is 0 Å². The summed E-state index contributed by atoms with van der Waals surface area (Å²) in [6, 6.07) is 7.75. The second-order valence-corrected chi connectivity index (χ2v) is 15.5. The Labute approximate surface area is 303 Å². The van der Waals surface area contributed by atoms with E-state index in [2.05, 4.69) is 36.3 Å². The van der Waals surface area contributed by atoms with Crippen molar-refractivity contribution in [2.75, 3.05) is 20.3 Å². The normalized spacial score (nSPS) is 26.1. The van der Waals surface area contributed by atoms with Gasteiger partial charge in [-0.3, -0.25) is 9.59 Å². The van der Waals surface area contributed by atoms with E-state index in [-0.39, 0.29) is 30.2 Å². The molecule has 0 radical (unpaired) electrons. The van der Waals surface area contributed by atoms with Gasteiger partial charge < -0.3 is 40.5 Å². The zero-order valence-electron chi connectivity index (χ0n) is 31.0. The average Bonchev–Trinajstić information content (AvgIpc) is 3.59. The Balaban J connectivity index is 1.39. The van der Waals surface area contributed by atoms with E-state index in [1.54, 1.807) is 6.07 Å². The lowest BCUT2D eigenvalue weighted by Gasteiger charge is -2.48. The number of aryl methyl sites for hydroxylation is 1. The van der Waals surface area contributed by atoms with Gasteiger partial charge in [-0.1, -0.05) is 19.9 Å². The van der Waals surface area contributed by atoms with E-state index in [0.29, 0.717) is 67.0 Å². The fourth-order valence-corrected chi connectivity index (χ4v) is 9.36. The van der Waals surface area contributed by atoms with E-state index in [1.165, 1.54) is 26.7 Å². The van der Waals surface area contributed by atoms with Gasteiger partial charge in [0.2, 0.25) is 0 Å². The van der Waals surface area contributed by atoms with Crippen molar-refractivity contribution < 1.29 is 34.0 Å². The molecule has 280 valence electrons. The molecule has 0 saturated heterocycles. The van der Waals surface area contributed by atoms with E-state index < -0.39 is 18.2 Å². The smallest absolute Gasteiger partial charge is 0.302 e. The first-order valence-electron chi connectivity index (χ1n) is 18.8. The van der Waals surface area contributed by atoms with Crippen molar-refractivity contribution in [3.05, 3.63) is 65.3 Å². The second-order valence-electron chi connectivity index (χ2n) is 15.5. The molecule has 6 N–H and O–H groups in total. The summed E-state index contributed by atoms with van der Waals surface area (Å²) in [5.41, 5.74) is 9.98. The molecule has 10 heteroatoms. The largest absolute Gasteiger partial charge is 0.504 e. The number of H-pyrrole nitrogens is 1. The number of aliphatic hydroxyl groups is 1. The molecular formula is C41H59N3O7. The number of aliphatic hydroxyl groups excluding tert-OH is 1. The highest BCUT2D eigenvalue weighted by molar-refractivity contribution is 5.79. The van der Waals surface area contributed by atoms with Crippen molar-refractivity contribution in [1.29, 1.82) is 0 Å². The van der Waals surface area contributed by atoms with Crippen LogP contribution < -0.4 is 15.8 Å². The first kappa shape index (κ1) is 38.3. The van der Waals surface area contributed by atoms with Crippen molar-refractivity contribution in [3.63, 3.8) is 0 Å². The van der Waals surface area contributed by atoms with Gasteiger partial charge in [0.15, 0.2) is 11.5 Å². The topological polar surface area (TPSA) is 156 Å². The maximum absolute atomic E-state index is 12.7. The van der Waals surface area contributed by atoms with Crippen LogP contribution in [0.2, 0.25) is 0 Å². The quantitative estimate of drug-likeness (QED) is 0.143. The molecule has 2 aromatic rings. The Hall–Kier alpha value is -3.92. The van der Waals surface area contributed by atoms with Gasteiger partial charge >= 0.3 is 11.9 Å². The van der Waals surface area contributed by atoms with Crippen molar-refractivity contribution in [3.8, 4) is 11.5 Å². The molecule has 2 bridgehead atoms. The van der Waals surface area contributed by atoms with Crippen molar-refractivity contribution in [1.82, 2.24) is 10.3 Å². The number of carbonyl (C=O) groups is 2. The first-order valence-corrected chi connectivity index (χ1v) is 18.8. The highest BCUT2D eigenvalue weighted by atomic mass is 16.6. The lowest BCUT2D eigenvalue weighted by Crippen LogP contribution is -2.42. The summed E-state index contributed by atoms with van der Waals surface area (Å²) in [5, 5.41) is 24.4. The van der Waals surface area contributed by atoms with Crippen LogP contribution >= 0.6 is 0 Å². The summed E-state index contributed by atoms with van der Waals surface area (Å²) in [5.74, 6) is 2.93. The van der Waals surface area contributed by atoms with Crippen molar-refractivity contribution >= 4 is 17.5 Å². The molecule has 1 aliphatic heterocycles. The van der Waals surface area contributed by atoms with Gasteiger partial charge in [0.25, 0.3) is 0 Å². The van der Waals surface area contributed by atoms with Crippen LogP contribution in [0.15, 0.2) is 48.4 Å². The molecule has 1 aromatic carbocycles. The van der Waals surface area contributed by atoms with Gasteiger partial charge in [0.1, 0.15) is 12.2 Å². The predicted octanol–water partition coefficient (Wildman–Crippen LogP) is 6.27. The molecule has 8 atom stereocenters. The SMILES string of the molecule is COc1cc(CC[C@H](C[C@@H](OC(C)=O)[C@@H]2C[C@H](CO)C[C@H]3C[C@H](C2)[C@@H](C(C)C)C[C@@H]3Cc2ccc[nH]2)OC(C)=O)c(C2=CCNC(N)=C2)cc1O. The van der Waals surface area contributed by atoms with Crippen molar-refractivity contribution in [2.45, 2.75) is 97.7 Å². The van der Waals surface area contributed by atoms with E-state index in [1.807, 2.05) is 24.4 Å². The minimum atomic E-state index is -0.523. The molecule has 2 saturated carbocycles. The number of rotatable bonds is 14. The highest BCUT2D eigenvalue weighted by Crippen LogP contribution is 2.50. The van der Waals surface area contributed by atoms with E-state index in [9.17, 15) is 19.8 Å². The molecule has 2 heterocycles. The Morgan fingerprint density at radius 3 is 2.47 bits per heavy atom. The molecule has 51 heavy (non-hydrogen) atoms. The average molecular weight is 706 g/mol. The zero-order valence-corrected chi connectivity index (χ0v) is 31.0. The third-order valence-corrected chi connectivity index (χ3v) is 11.7. The highest BCUT2D eigenvalue weighted by Gasteiger charge is 2.44. The lowest BCUT2D eigenvalue weighted by atomic mass is 9.58. The molecule has 5 rings (SSSR count). The fourth-order valence-electron chi connectivity index (χ4n) is 9.36. The number of aromatic hydroxyl groups is 1. The number of aromatic nitrogens is 1. The first-order chi connectivity index (χ1) is 24.4. The van der Waals surface area contributed by atoms with Gasteiger partial charge in [-0.2, -0.15) is 0 Å². The fraction of sp³-hybridized carbons (Fsp3) is 0.610. The predicted molar refractivity (Wildman–Crippen MR) is 197 cm³/mol. The molecule has 0 spiro atoms. The second kappa shape index (κ2) is 17.5. The number of benzene rings is 1. The molecule has 1 aromatic heterocycles. The summed E-state index contributed by atoms with van der Waals surface area (Å²) in [4.78, 5) is 28.6. The summed E-state index contributed by atoms with van der Waals surface area (Å²) < 4.78 is 17.6. The number of methoxy groups -OCH3 is 1. The molecule has 10 nitrogen and oxygen atoms in total. The number of dihydropyridines is 1. The number of phenolic OH excluding ortho intramolecular Hbond substituents is 1. The monoisotopic (exact) mass is 705 g/mol. The molecule has 2 aliphatic carbocycles. The number of fused-ring (bicyclic) bond motifs is 2. The van der Waals surface area contributed by atoms with Crippen LogP contribution in [0.1, 0.15) is 89.5 Å². The Kier molecular flexibility index (Phi) is 13.2. The van der Waals surface area contributed by atoms with Crippen LogP contribution in [0, 0.1) is 41.4 Å². The van der Waals surface area contributed by atoms with Gasteiger partial charge in [0, 0.05) is 45.3 Å². The van der Waals surface area contributed by atoms with Gasteiger partial charge in [-0.05, 0) is 140 Å². The molecule has 3 aliphatic rings. The maximum Gasteiger partial charge on any atom is 0.302 e. The van der Waals surface area contributed by atoms with E-state index in [4.69, 9.17) is 19.9 Å². The number of allylic oxidation sites excluding steroid dienone is 2. The minimum Gasteiger partial charge on any atom is -0.504 e. The number of nitrogens with two attached hydrogens (primary N) is 1.